The molecule has 0 aliphatic carbocycles. The highest BCUT2D eigenvalue weighted by Gasteiger charge is 2.51. The average Bonchev–Trinajstić information content (AvgIpc) is 3.50. The van der Waals surface area contributed by atoms with Gasteiger partial charge < -0.3 is 14.2 Å². The van der Waals surface area contributed by atoms with Gasteiger partial charge in [-0.05, 0) is 47.7 Å². The maximum Gasteiger partial charge on any atom is 0.291 e. The molecule has 3 aromatic rings. The van der Waals surface area contributed by atoms with Crippen LogP contribution in [0.25, 0.3) is 0 Å². The number of aromatic nitrogens is 2. The number of carbonyl (C=O) groups is 3. The lowest BCUT2D eigenvalue weighted by Crippen LogP contribution is -2.32. The van der Waals surface area contributed by atoms with E-state index in [4.69, 9.17) is 4.74 Å². The SMILES string of the molecule is C=CCOc1ccc(C(=O)C2C(=O)C(=O)N(CCCn3ccnc3)C2c2ccc(C(C)C)cc2)cc1. The fourth-order valence-corrected chi connectivity index (χ4v) is 4.57. The maximum atomic E-state index is 13.6. The number of Topliss-reactive ketones (excluding diaryl/α,β-unsaturated/α-hetero) is 2. The molecule has 1 amide bonds. The molecule has 36 heavy (non-hydrogen) atoms. The third-order valence-corrected chi connectivity index (χ3v) is 6.51. The minimum Gasteiger partial charge on any atom is -0.490 e. The highest BCUT2D eigenvalue weighted by atomic mass is 16.5. The predicted molar refractivity (Wildman–Crippen MR) is 137 cm³/mol. The molecule has 7 nitrogen and oxygen atoms in total. The van der Waals surface area contributed by atoms with Crippen molar-refractivity contribution >= 4 is 17.5 Å². The number of imidazole rings is 1. The Labute approximate surface area is 211 Å². The number of likely N-dealkylation sites (tertiary alicyclic amines) is 1. The summed E-state index contributed by atoms with van der Waals surface area (Å²) in [6, 6.07) is 13.9. The van der Waals surface area contributed by atoms with Crippen LogP contribution in [-0.2, 0) is 16.1 Å². The number of rotatable bonds is 11. The van der Waals surface area contributed by atoms with Gasteiger partial charge in [0.05, 0.1) is 12.4 Å². The second kappa shape index (κ2) is 11.2. The summed E-state index contributed by atoms with van der Waals surface area (Å²) < 4.78 is 7.43. The van der Waals surface area contributed by atoms with E-state index in [1.54, 1.807) is 47.8 Å². The van der Waals surface area contributed by atoms with Gasteiger partial charge in [-0.2, -0.15) is 0 Å². The van der Waals surface area contributed by atoms with E-state index in [9.17, 15) is 14.4 Å². The van der Waals surface area contributed by atoms with Crippen LogP contribution in [0.4, 0.5) is 0 Å². The summed E-state index contributed by atoms with van der Waals surface area (Å²) >= 11 is 0. The predicted octanol–water partition coefficient (Wildman–Crippen LogP) is 4.61. The van der Waals surface area contributed by atoms with Crippen molar-refractivity contribution in [3.8, 4) is 5.75 Å². The molecule has 0 spiro atoms. The Balaban J connectivity index is 1.63. The van der Waals surface area contributed by atoms with Crippen molar-refractivity contribution in [3.63, 3.8) is 0 Å². The zero-order valence-electron chi connectivity index (χ0n) is 20.7. The second-order valence-electron chi connectivity index (χ2n) is 9.25. The average molecular weight is 486 g/mol. The Hall–Kier alpha value is -4.00. The second-order valence-corrected chi connectivity index (χ2v) is 9.25. The Morgan fingerprint density at radius 3 is 2.42 bits per heavy atom. The van der Waals surface area contributed by atoms with Gasteiger partial charge in [0.2, 0.25) is 5.78 Å². The van der Waals surface area contributed by atoms with Crippen LogP contribution in [0.2, 0.25) is 0 Å². The number of benzene rings is 2. The first-order chi connectivity index (χ1) is 17.4. The third kappa shape index (κ3) is 5.30. The van der Waals surface area contributed by atoms with Crippen molar-refractivity contribution in [1.82, 2.24) is 14.5 Å². The molecule has 1 saturated heterocycles. The lowest BCUT2D eigenvalue weighted by Gasteiger charge is -2.27. The van der Waals surface area contributed by atoms with E-state index in [0.29, 0.717) is 43.3 Å². The summed E-state index contributed by atoms with van der Waals surface area (Å²) in [6.07, 6.45) is 7.54. The van der Waals surface area contributed by atoms with Crippen molar-refractivity contribution in [1.29, 1.82) is 0 Å². The molecule has 1 aliphatic rings. The van der Waals surface area contributed by atoms with Crippen molar-refractivity contribution < 1.29 is 19.1 Å². The summed E-state index contributed by atoms with van der Waals surface area (Å²) in [5.41, 5.74) is 2.31. The molecule has 4 rings (SSSR count). The monoisotopic (exact) mass is 485 g/mol. The van der Waals surface area contributed by atoms with Gasteiger partial charge >= 0.3 is 0 Å². The van der Waals surface area contributed by atoms with Crippen LogP contribution in [0, 0.1) is 5.92 Å². The Morgan fingerprint density at radius 2 is 1.81 bits per heavy atom. The van der Waals surface area contributed by atoms with Crippen molar-refractivity contribution in [2.75, 3.05) is 13.2 Å². The van der Waals surface area contributed by atoms with Gasteiger partial charge in [0, 0.05) is 31.0 Å². The molecule has 0 bridgehead atoms. The van der Waals surface area contributed by atoms with E-state index in [0.717, 1.165) is 11.1 Å². The number of carbonyl (C=O) groups excluding carboxylic acids is 3. The van der Waals surface area contributed by atoms with Crippen LogP contribution in [-0.4, -0.2) is 45.1 Å². The van der Waals surface area contributed by atoms with E-state index in [2.05, 4.69) is 25.4 Å². The van der Waals surface area contributed by atoms with Gasteiger partial charge in [-0.25, -0.2) is 4.98 Å². The first-order valence-corrected chi connectivity index (χ1v) is 12.2. The molecule has 0 saturated carbocycles. The van der Waals surface area contributed by atoms with Crippen LogP contribution in [0.5, 0.6) is 5.75 Å². The molecule has 1 fully saturated rings. The Kier molecular flexibility index (Phi) is 7.78. The lowest BCUT2D eigenvalue weighted by molar-refractivity contribution is -0.140. The van der Waals surface area contributed by atoms with Gasteiger partial charge in [0.15, 0.2) is 5.78 Å². The highest BCUT2D eigenvalue weighted by molar-refractivity contribution is 6.44. The van der Waals surface area contributed by atoms with Crippen LogP contribution >= 0.6 is 0 Å². The minimum absolute atomic E-state index is 0.344. The van der Waals surface area contributed by atoms with E-state index < -0.39 is 23.7 Å². The summed E-state index contributed by atoms with van der Waals surface area (Å²) in [4.78, 5) is 45.6. The number of hydrogen-bond donors (Lipinski definition) is 0. The van der Waals surface area contributed by atoms with Crippen LogP contribution in [0.3, 0.4) is 0 Å². The van der Waals surface area contributed by atoms with E-state index in [-0.39, 0.29) is 5.78 Å². The zero-order valence-corrected chi connectivity index (χ0v) is 20.7. The number of nitrogens with zero attached hydrogens (tertiary/aromatic N) is 3. The van der Waals surface area contributed by atoms with Crippen molar-refractivity contribution in [2.24, 2.45) is 5.92 Å². The Bertz CT molecular complexity index is 1210. The van der Waals surface area contributed by atoms with E-state index in [1.165, 1.54) is 0 Å². The first-order valence-electron chi connectivity index (χ1n) is 12.2. The molecule has 2 aromatic carbocycles. The minimum atomic E-state index is -1.10. The van der Waals surface area contributed by atoms with Gasteiger partial charge in [0.25, 0.3) is 5.91 Å². The molecule has 2 unspecified atom stereocenters. The molecule has 0 N–H and O–H groups in total. The van der Waals surface area contributed by atoms with Crippen molar-refractivity contribution in [3.05, 3.63) is 96.6 Å². The third-order valence-electron chi connectivity index (χ3n) is 6.51. The standard InChI is InChI=1S/C29H31N3O4/c1-4-18-36-24-12-10-23(11-13-24)27(33)25-26(22-8-6-21(7-9-22)20(2)3)32(29(35)28(25)34)16-5-15-31-17-14-30-19-31/h4,6-14,17,19-20,25-26H,1,5,15-16,18H2,2-3H3. The molecular weight excluding hydrogens is 454 g/mol. The number of hydrogen-bond acceptors (Lipinski definition) is 5. The van der Waals surface area contributed by atoms with Gasteiger partial charge in [-0.3, -0.25) is 14.4 Å². The smallest absolute Gasteiger partial charge is 0.291 e. The topological polar surface area (TPSA) is 81.5 Å². The van der Waals surface area contributed by atoms with Crippen LogP contribution in [0.1, 0.15) is 53.7 Å². The Morgan fingerprint density at radius 1 is 1.08 bits per heavy atom. The fourth-order valence-electron chi connectivity index (χ4n) is 4.57. The largest absolute Gasteiger partial charge is 0.490 e. The highest BCUT2D eigenvalue weighted by Crippen LogP contribution is 2.39. The number of ketones is 2. The van der Waals surface area contributed by atoms with Gasteiger partial charge in [0.1, 0.15) is 18.3 Å². The lowest BCUT2D eigenvalue weighted by atomic mass is 9.85. The quantitative estimate of drug-likeness (QED) is 0.171. The molecular formula is C29H31N3O4. The normalized spacial score (nSPS) is 17.6. The van der Waals surface area contributed by atoms with E-state index >= 15 is 0 Å². The number of amides is 1. The van der Waals surface area contributed by atoms with Gasteiger partial charge in [-0.15, -0.1) is 0 Å². The molecule has 1 aromatic heterocycles. The first kappa shape index (κ1) is 25.1. The van der Waals surface area contributed by atoms with Crippen LogP contribution in [0.15, 0.2) is 79.9 Å². The molecule has 2 heterocycles. The molecule has 0 radical (unpaired) electrons. The van der Waals surface area contributed by atoms with E-state index in [1.807, 2.05) is 35.0 Å². The summed E-state index contributed by atoms with van der Waals surface area (Å²) in [5.74, 6) is -1.79. The summed E-state index contributed by atoms with van der Waals surface area (Å²) in [6.45, 7) is 9.20. The fraction of sp³-hybridized carbons (Fsp3) is 0.310. The summed E-state index contributed by atoms with van der Waals surface area (Å²) in [5, 5.41) is 0. The van der Waals surface area contributed by atoms with Gasteiger partial charge in [-0.1, -0.05) is 50.8 Å². The number of ether oxygens (including phenoxy) is 1. The molecule has 2 atom stereocenters. The summed E-state index contributed by atoms with van der Waals surface area (Å²) in [7, 11) is 0. The maximum absolute atomic E-state index is 13.6. The molecule has 186 valence electrons. The number of aryl methyl sites for hydroxylation is 1. The van der Waals surface area contributed by atoms with Crippen molar-refractivity contribution in [2.45, 2.75) is 38.8 Å². The van der Waals surface area contributed by atoms with Crippen LogP contribution < -0.4 is 4.74 Å². The molecule has 7 heteroatoms. The molecule has 1 aliphatic heterocycles. The zero-order chi connectivity index (χ0) is 25.7.